The van der Waals surface area contributed by atoms with Crippen molar-refractivity contribution in [1.82, 2.24) is 5.32 Å². The molecular weight excluding hydrogens is 376 g/mol. The third-order valence-electron chi connectivity index (χ3n) is 5.35. The van der Waals surface area contributed by atoms with Gasteiger partial charge in [0, 0.05) is 29.9 Å². The van der Waals surface area contributed by atoms with Crippen molar-refractivity contribution in [3.05, 3.63) is 65.2 Å². The number of rotatable bonds is 5. The SMILES string of the molecule is COc1cccc([C@H]2C[C@@](C)(NC(=O)C(C)C)C[C@@H](c3ccc(F)cc3)O2)c1F. The molecule has 0 bridgehead atoms. The summed E-state index contributed by atoms with van der Waals surface area (Å²) >= 11 is 0. The Hall–Kier alpha value is -2.47. The van der Waals surface area contributed by atoms with E-state index in [1.807, 2.05) is 20.8 Å². The molecule has 2 aromatic rings. The van der Waals surface area contributed by atoms with Gasteiger partial charge in [0.1, 0.15) is 5.82 Å². The molecule has 2 aromatic carbocycles. The first-order chi connectivity index (χ1) is 13.7. The van der Waals surface area contributed by atoms with Crippen LogP contribution in [0.3, 0.4) is 0 Å². The zero-order chi connectivity index (χ0) is 21.2. The second-order valence-electron chi connectivity index (χ2n) is 8.14. The van der Waals surface area contributed by atoms with Crippen LogP contribution in [0.25, 0.3) is 0 Å². The molecule has 6 heteroatoms. The van der Waals surface area contributed by atoms with E-state index in [1.165, 1.54) is 19.2 Å². The van der Waals surface area contributed by atoms with Crippen molar-refractivity contribution in [2.45, 2.75) is 51.4 Å². The van der Waals surface area contributed by atoms with E-state index < -0.39 is 23.6 Å². The Balaban J connectivity index is 1.97. The third kappa shape index (κ3) is 4.75. The van der Waals surface area contributed by atoms with Gasteiger partial charge < -0.3 is 14.8 Å². The van der Waals surface area contributed by atoms with E-state index in [0.29, 0.717) is 18.4 Å². The standard InChI is InChI=1S/C23H27F2NO3/c1-14(2)22(27)26-23(3)12-19(15-8-10-16(24)11-9-15)29-20(13-23)17-6-5-7-18(28-4)21(17)25/h5-11,14,19-20H,12-13H2,1-4H3,(H,26,27)/t19-,20+,23-/m0/s1. The summed E-state index contributed by atoms with van der Waals surface area (Å²) in [6.07, 6.45) is -0.101. The van der Waals surface area contributed by atoms with Gasteiger partial charge >= 0.3 is 0 Å². The van der Waals surface area contributed by atoms with Crippen LogP contribution < -0.4 is 10.1 Å². The molecule has 0 radical (unpaired) electrons. The summed E-state index contributed by atoms with van der Waals surface area (Å²) in [7, 11) is 1.41. The second kappa shape index (κ2) is 8.49. The van der Waals surface area contributed by atoms with Crippen LogP contribution in [0.2, 0.25) is 0 Å². The molecule has 1 amide bonds. The summed E-state index contributed by atoms with van der Waals surface area (Å²) in [5, 5.41) is 3.11. The number of hydrogen-bond donors (Lipinski definition) is 1. The molecule has 4 nitrogen and oxygen atoms in total. The van der Waals surface area contributed by atoms with Gasteiger partial charge in [-0.25, -0.2) is 8.78 Å². The number of hydrogen-bond acceptors (Lipinski definition) is 3. The Morgan fingerprint density at radius 3 is 2.41 bits per heavy atom. The molecule has 1 fully saturated rings. The minimum atomic E-state index is -0.612. The number of carbonyl (C=O) groups excluding carboxylic acids is 1. The largest absolute Gasteiger partial charge is 0.494 e. The van der Waals surface area contributed by atoms with Gasteiger partial charge in [0.2, 0.25) is 5.91 Å². The maximum Gasteiger partial charge on any atom is 0.222 e. The summed E-state index contributed by atoms with van der Waals surface area (Å²) < 4.78 is 39.7. The molecule has 0 spiro atoms. The fourth-order valence-corrected chi connectivity index (χ4v) is 3.73. The zero-order valence-corrected chi connectivity index (χ0v) is 17.2. The van der Waals surface area contributed by atoms with Crippen LogP contribution in [0.1, 0.15) is 56.9 Å². The number of halogens is 2. The van der Waals surface area contributed by atoms with E-state index >= 15 is 0 Å². The predicted octanol–water partition coefficient (Wildman–Crippen LogP) is 5.10. The first-order valence-electron chi connectivity index (χ1n) is 9.78. The van der Waals surface area contributed by atoms with Crippen LogP contribution in [0.5, 0.6) is 5.75 Å². The topological polar surface area (TPSA) is 47.6 Å². The lowest BCUT2D eigenvalue weighted by atomic mass is 9.81. The normalized spacial score (nSPS) is 24.4. The monoisotopic (exact) mass is 403 g/mol. The van der Waals surface area contributed by atoms with Crippen molar-refractivity contribution < 1.29 is 23.0 Å². The highest BCUT2D eigenvalue weighted by molar-refractivity contribution is 5.78. The van der Waals surface area contributed by atoms with E-state index in [4.69, 9.17) is 9.47 Å². The van der Waals surface area contributed by atoms with Gasteiger partial charge in [0.15, 0.2) is 11.6 Å². The molecule has 0 aromatic heterocycles. The molecule has 0 unspecified atom stereocenters. The van der Waals surface area contributed by atoms with Crippen molar-refractivity contribution in [3.8, 4) is 5.75 Å². The van der Waals surface area contributed by atoms with Crippen molar-refractivity contribution in [3.63, 3.8) is 0 Å². The highest BCUT2D eigenvalue weighted by atomic mass is 19.1. The van der Waals surface area contributed by atoms with Crippen LogP contribution in [0.4, 0.5) is 8.78 Å². The fourth-order valence-electron chi connectivity index (χ4n) is 3.73. The van der Waals surface area contributed by atoms with E-state index in [-0.39, 0.29) is 23.4 Å². The van der Waals surface area contributed by atoms with Crippen molar-refractivity contribution in [2.75, 3.05) is 7.11 Å². The summed E-state index contributed by atoms with van der Waals surface area (Å²) in [6.45, 7) is 5.60. The van der Waals surface area contributed by atoms with Gasteiger partial charge in [-0.1, -0.05) is 38.1 Å². The maximum absolute atomic E-state index is 14.9. The average molecular weight is 403 g/mol. The predicted molar refractivity (Wildman–Crippen MR) is 107 cm³/mol. The lowest BCUT2D eigenvalue weighted by molar-refractivity contribution is -0.131. The lowest BCUT2D eigenvalue weighted by Gasteiger charge is -2.43. The highest BCUT2D eigenvalue weighted by Gasteiger charge is 2.41. The Kier molecular flexibility index (Phi) is 6.22. The second-order valence-corrected chi connectivity index (χ2v) is 8.14. The molecule has 1 N–H and O–H groups in total. The van der Waals surface area contributed by atoms with Crippen LogP contribution in [0.15, 0.2) is 42.5 Å². The number of carbonyl (C=O) groups is 1. The number of amides is 1. The van der Waals surface area contributed by atoms with Crippen LogP contribution in [0, 0.1) is 17.6 Å². The maximum atomic E-state index is 14.9. The van der Waals surface area contributed by atoms with Crippen LogP contribution in [-0.2, 0) is 9.53 Å². The minimum Gasteiger partial charge on any atom is -0.494 e. The summed E-state index contributed by atoms with van der Waals surface area (Å²) in [6, 6.07) is 11.0. The molecule has 1 aliphatic heterocycles. The Morgan fingerprint density at radius 1 is 1.14 bits per heavy atom. The van der Waals surface area contributed by atoms with Crippen molar-refractivity contribution in [2.24, 2.45) is 5.92 Å². The number of benzene rings is 2. The summed E-state index contributed by atoms with van der Waals surface area (Å²) in [5.74, 6) is -0.917. The smallest absolute Gasteiger partial charge is 0.222 e. The van der Waals surface area contributed by atoms with Crippen molar-refractivity contribution in [1.29, 1.82) is 0 Å². The van der Waals surface area contributed by atoms with Gasteiger partial charge in [-0.05, 0) is 30.7 Å². The van der Waals surface area contributed by atoms with Gasteiger partial charge in [-0.3, -0.25) is 4.79 Å². The van der Waals surface area contributed by atoms with Gasteiger partial charge in [-0.2, -0.15) is 0 Å². The molecule has 3 rings (SSSR count). The molecule has 1 heterocycles. The van der Waals surface area contributed by atoms with E-state index in [0.717, 1.165) is 5.56 Å². The zero-order valence-electron chi connectivity index (χ0n) is 17.2. The first-order valence-corrected chi connectivity index (χ1v) is 9.78. The molecule has 1 aliphatic rings. The summed E-state index contributed by atoms with van der Waals surface area (Å²) in [4.78, 5) is 12.4. The summed E-state index contributed by atoms with van der Waals surface area (Å²) in [5.41, 5.74) is 0.546. The third-order valence-corrected chi connectivity index (χ3v) is 5.35. The first kappa shape index (κ1) is 21.2. The van der Waals surface area contributed by atoms with Crippen LogP contribution in [-0.4, -0.2) is 18.6 Å². The Morgan fingerprint density at radius 2 is 1.79 bits per heavy atom. The van der Waals surface area contributed by atoms with Gasteiger partial charge in [0.05, 0.1) is 19.3 Å². The lowest BCUT2D eigenvalue weighted by Crippen LogP contribution is -2.52. The van der Waals surface area contributed by atoms with E-state index in [9.17, 15) is 13.6 Å². The number of ether oxygens (including phenoxy) is 2. The average Bonchev–Trinajstić information content (AvgIpc) is 2.67. The minimum absolute atomic E-state index is 0.0721. The highest BCUT2D eigenvalue weighted by Crippen LogP contribution is 2.45. The molecule has 156 valence electrons. The number of methoxy groups -OCH3 is 1. The quantitative estimate of drug-likeness (QED) is 0.756. The molecule has 3 atom stereocenters. The number of nitrogens with one attached hydrogen (secondary N) is 1. The van der Waals surface area contributed by atoms with Crippen molar-refractivity contribution >= 4 is 5.91 Å². The van der Waals surface area contributed by atoms with Crippen LogP contribution >= 0.6 is 0 Å². The molecule has 1 saturated heterocycles. The Bertz CT molecular complexity index is 869. The molecule has 0 saturated carbocycles. The fraction of sp³-hybridized carbons (Fsp3) is 0.435. The molecule has 29 heavy (non-hydrogen) atoms. The Labute approximate surface area is 170 Å². The van der Waals surface area contributed by atoms with Gasteiger partial charge in [0.25, 0.3) is 0 Å². The van der Waals surface area contributed by atoms with Gasteiger partial charge in [-0.15, -0.1) is 0 Å². The molecule has 0 aliphatic carbocycles. The van der Waals surface area contributed by atoms with E-state index in [2.05, 4.69) is 5.32 Å². The molecular formula is C23H27F2NO3. The van der Waals surface area contributed by atoms with E-state index in [1.54, 1.807) is 30.3 Å².